The van der Waals surface area contributed by atoms with Gasteiger partial charge in [-0.2, -0.15) is 0 Å². The van der Waals surface area contributed by atoms with Crippen molar-refractivity contribution in [3.05, 3.63) is 35.4 Å². The lowest BCUT2D eigenvalue weighted by Crippen LogP contribution is -2.30. The van der Waals surface area contributed by atoms with E-state index >= 15 is 0 Å². The molecule has 0 radical (unpaired) electrons. The summed E-state index contributed by atoms with van der Waals surface area (Å²) < 4.78 is 0. The van der Waals surface area contributed by atoms with Gasteiger partial charge in [0.05, 0.1) is 0 Å². The third-order valence-corrected chi connectivity index (χ3v) is 3.96. The van der Waals surface area contributed by atoms with Crippen molar-refractivity contribution in [3.63, 3.8) is 0 Å². The Balaban J connectivity index is 2.25. The summed E-state index contributed by atoms with van der Waals surface area (Å²) in [4.78, 5) is 2.46. The van der Waals surface area contributed by atoms with Crippen molar-refractivity contribution in [3.8, 4) is 0 Å². The van der Waals surface area contributed by atoms with E-state index in [1.807, 2.05) is 0 Å². The molecule has 1 rings (SSSR count). The summed E-state index contributed by atoms with van der Waals surface area (Å²) in [6.07, 6.45) is 2.51. The normalized spacial score (nSPS) is 13.2. The molecule has 0 aromatic heterocycles. The van der Waals surface area contributed by atoms with Crippen LogP contribution in [0.3, 0.4) is 0 Å². The molecular formula is C18H32N2. The highest BCUT2D eigenvalue weighted by molar-refractivity contribution is 5.25. The fourth-order valence-corrected chi connectivity index (χ4v) is 2.35. The van der Waals surface area contributed by atoms with Crippen molar-refractivity contribution in [1.29, 1.82) is 0 Å². The summed E-state index contributed by atoms with van der Waals surface area (Å²) in [5, 5.41) is 3.52. The lowest BCUT2D eigenvalue weighted by Gasteiger charge is -2.25. The molecule has 2 nitrogen and oxygen atoms in total. The minimum atomic E-state index is 0.635. The molecule has 2 heteroatoms. The van der Waals surface area contributed by atoms with Gasteiger partial charge in [-0.1, -0.05) is 38.1 Å². The molecule has 0 aliphatic heterocycles. The van der Waals surface area contributed by atoms with Crippen molar-refractivity contribution in [2.75, 3.05) is 20.1 Å². The predicted molar refractivity (Wildman–Crippen MR) is 89.0 cm³/mol. The van der Waals surface area contributed by atoms with Crippen LogP contribution in [0.1, 0.15) is 44.7 Å². The second-order valence-corrected chi connectivity index (χ2v) is 6.43. The molecule has 0 bridgehead atoms. The fraction of sp³-hybridized carbons (Fsp3) is 0.667. The maximum absolute atomic E-state index is 3.52. The van der Waals surface area contributed by atoms with E-state index in [4.69, 9.17) is 0 Å². The molecule has 0 aliphatic carbocycles. The van der Waals surface area contributed by atoms with Crippen molar-refractivity contribution in [2.24, 2.45) is 5.92 Å². The summed E-state index contributed by atoms with van der Waals surface area (Å²) >= 11 is 0. The summed E-state index contributed by atoms with van der Waals surface area (Å²) in [6, 6.07) is 9.32. The van der Waals surface area contributed by atoms with Gasteiger partial charge in [0.15, 0.2) is 0 Å². The van der Waals surface area contributed by atoms with E-state index in [1.54, 1.807) is 0 Å². The highest BCUT2D eigenvalue weighted by Crippen LogP contribution is 2.13. The van der Waals surface area contributed by atoms with Gasteiger partial charge in [-0.15, -0.1) is 0 Å². The average molecular weight is 276 g/mol. The van der Waals surface area contributed by atoms with Crippen LogP contribution in [0.2, 0.25) is 0 Å². The zero-order valence-corrected chi connectivity index (χ0v) is 13.9. The summed E-state index contributed by atoms with van der Waals surface area (Å²) in [7, 11) is 2.23. The first-order chi connectivity index (χ1) is 9.50. The largest absolute Gasteiger partial charge is 0.316 e. The molecule has 0 amide bonds. The predicted octanol–water partition coefficient (Wildman–Crippen LogP) is 3.84. The monoisotopic (exact) mass is 276 g/mol. The molecule has 1 aromatic rings. The minimum absolute atomic E-state index is 0.635. The van der Waals surface area contributed by atoms with E-state index < -0.39 is 0 Å². The molecule has 0 saturated heterocycles. The van der Waals surface area contributed by atoms with Crippen LogP contribution in [0.15, 0.2) is 24.3 Å². The molecule has 114 valence electrons. The number of benzene rings is 1. The van der Waals surface area contributed by atoms with Crippen molar-refractivity contribution >= 4 is 0 Å². The molecule has 1 unspecified atom stereocenters. The average Bonchev–Trinajstić information content (AvgIpc) is 2.40. The maximum Gasteiger partial charge on any atom is 0.0236 e. The molecule has 1 N–H and O–H groups in total. The van der Waals surface area contributed by atoms with E-state index in [0.717, 1.165) is 25.6 Å². The van der Waals surface area contributed by atoms with Gasteiger partial charge >= 0.3 is 0 Å². The van der Waals surface area contributed by atoms with Gasteiger partial charge in [0.1, 0.15) is 0 Å². The molecule has 1 atom stereocenters. The number of nitrogens with one attached hydrogen (secondary N) is 1. The Morgan fingerprint density at radius 3 is 2.50 bits per heavy atom. The highest BCUT2D eigenvalue weighted by atomic mass is 15.1. The van der Waals surface area contributed by atoms with Crippen LogP contribution in [0.4, 0.5) is 0 Å². The van der Waals surface area contributed by atoms with Crippen LogP contribution in [-0.2, 0) is 6.54 Å². The molecular weight excluding hydrogens is 244 g/mol. The quantitative estimate of drug-likeness (QED) is 0.689. The Hall–Kier alpha value is -0.860. The maximum atomic E-state index is 3.52. The first-order valence-electron chi connectivity index (χ1n) is 7.96. The van der Waals surface area contributed by atoms with E-state index in [-0.39, 0.29) is 0 Å². The van der Waals surface area contributed by atoms with Crippen LogP contribution < -0.4 is 5.32 Å². The van der Waals surface area contributed by atoms with Crippen LogP contribution in [-0.4, -0.2) is 31.1 Å². The van der Waals surface area contributed by atoms with E-state index in [2.05, 4.69) is 69.2 Å². The summed E-state index contributed by atoms with van der Waals surface area (Å²) in [6.45, 7) is 12.4. The number of aryl methyl sites for hydroxylation is 1. The Morgan fingerprint density at radius 2 is 1.85 bits per heavy atom. The Labute approximate surface area is 125 Å². The van der Waals surface area contributed by atoms with Crippen molar-refractivity contribution in [2.45, 2.75) is 53.1 Å². The zero-order chi connectivity index (χ0) is 15.0. The molecule has 0 aliphatic rings. The third kappa shape index (κ3) is 6.53. The van der Waals surface area contributed by atoms with Gasteiger partial charge in [-0.25, -0.2) is 0 Å². The summed E-state index contributed by atoms with van der Waals surface area (Å²) in [5.41, 5.74) is 2.84. The second-order valence-electron chi connectivity index (χ2n) is 6.43. The Morgan fingerprint density at radius 1 is 1.15 bits per heavy atom. The topological polar surface area (TPSA) is 15.3 Å². The lowest BCUT2D eigenvalue weighted by atomic mass is 10.1. The van der Waals surface area contributed by atoms with Gasteiger partial charge in [0.25, 0.3) is 0 Å². The van der Waals surface area contributed by atoms with Gasteiger partial charge in [-0.3, -0.25) is 4.90 Å². The van der Waals surface area contributed by atoms with Gasteiger partial charge in [0.2, 0.25) is 0 Å². The first-order valence-corrected chi connectivity index (χ1v) is 7.96. The van der Waals surface area contributed by atoms with E-state index in [1.165, 1.54) is 24.0 Å². The number of hydrogen-bond acceptors (Lipinski definition) is 2. The fourth-order valence-electron chi connectivity index (χ4n) is 2.35. The van der Waals surface area contributed by atoms with Gasteiger partial charge < -0.3 is 5.32 Å². The third-order valence-electron chi connectivity index (χ3n) is 3.96. The van der Waals surface area contributed by atoms with Crippen molar-refractivity contribution in [1.82, 2.24) is 10.2 Å². The van der Waals surface area contributed by atoms with Crippen LogP contribution in [0.25, 0.3) is 0 Å². The van der Waals surface area contributed by atoms with Gasteiger partial charge in [-0.05, 0) is 63.9 Å². The molecule has 0 saturated carbocycles. The number of rotatable bonds is 9. The zero-order valence-electron chi connectivity index (χ0n) is 13.9. The molecule has 1 aromatic carbocycles. The van der Waals surface area contributed by atoms with E-state index in [9.17, 15) is 0 Å². The van der Waals surface area contributed by atoms with Crippen LogP contribution in [0, 0.1) is 12.8 Å². The smallest absolute Gasteiger partial charge is 0.0236 e. The van der Waals surface area contributed by atoms with Gasteiger partial charge in [0, 0.05) is 12.6 Å². The SMILES string of the molecule is Cc1ccccc1CN(C)C(C)CCCNCC(C)C. The van der Waals surface area contributed by atoms with Crippen LogP contribution in [0.5, 0.6) is 0 Å². The lowest BCUT2D eigenvalue weighted by molar-refractivity contribution is 0.234. The standard InChI is InChI=1S/C18H32N2/c1-15(2)13-19-12-8-10-17(4)20(5)14-18-11-7-6-9-16(18)3/h6-7,9,11,15,17,19H,8,10,12-14H2,1-5H3. The number of nitrogens with zero attached hydrogens (tertiary/aromatic N) is 1. The van der Waals surface area contributed by atoms with E-state index in [0.29, 0.717) is 6.04 Å². The van der Waals surface area contributed by atoms with Crippen LogP contribution >= 0.6 is 0 Å². The molecule has 0 fully saturated rings. The minimum Gasteiger partial charge on any atom is -0.316 e. The first kappa shape index (κ1) is 17.2. The van der Waals surface area contributed by atoms with Crippen molar-refractivity contribution < 1.29 is 0 Å². The highest BCUT2D eigenvalue weighted by Gasteiger charge is 2.10. The molecule has 0 heterocycles. The molecule has 0 spiro atoms. The molecule has 20 heavy (non-hydrogen) atoms. The number of hydrogen-bond donors (Lipinski definition) is 1. The Kier molecular flexibility index (Phi) is 7.86. The second kappa shape index (κ2) is 9.15. The summed E-state index contributed by atoms with van der Waals surface area (Å²) in [5.74, 6) is 0.746. The Bertz CT molecular complexity index is 373.